The van der Waals surface area contributed by atoms with Gasteiger partial charge in [-0.2, -0.15) is 0 Å². The van der Waals surface area contributed by atoms with Crippen molar-refractivity contribution < 1.29 is 24.5 Å². The second-order valence-corrected chi connectivity index (χ2v) is 8.07. The Morgan fingerprint density at radius 1 is 1.48 bits per heavy atom. The molecule has 3 N–H and O–H groups in total. The van der Waals surface area contributed by atoms with Crippen LogP contribution in [-0.4, -0.2) is 81.9 Å². The Balaban J connectivity index is 1.88. The fourth-order valence-electron chi connectivity index (χ4n) is 4.06. The molecule has 3 rings (SSSR count). The van der Waals surface area contributed by atoms with E-state index in [9.17, 15) is 19.8 Å². The number of aliphatic hydroxyl groups is 1. The fraction of sp³-hybridized carbons (Fsp3) is 0.688. The van der Waals surface area contributed by atoms with Crippen LogP contribution in [0.4, 0.5) is 0 Å². The molecule has 5 unspecified atom stereocenters. The number of aliphatic carboxylic acids is 1. The lowest BCUT2D eigenvalue weighted by molar-refractivity contribution is -0.163. The number of nitrogens with one attached hydrogen (secondary N) is 1. The number of carbonyl (C=O) groups is 2. The Morgan fingerprint density at radius 3 is 2.68 bits per heavy atom. The number of rotatable bonds is 6. The van der Waals surface area contributed by atoms with Gasteiger partial charge in [-0.1, -0.05) is 6.92 Å². The van der Waals surface area contributed by atoms with Gasteiger partial charge < -0.3 is 24.7 Å². The molecule has 8 nitrogen and oxygen atoms in total. The number of carbonyl (C=O) groups excluding carboxylic acids is 1. The third-order valence-corrected chi connectivity index (χ3v) is 6.89. The molecule has 2 fully saturated rings. The highest BCUT2D eigenvalue weighted by Crippen LogP contribution is 2.52. The van der Waals surface area contributed by atoms with E-state index >= 15 is 0 Å². The molecule has 0 spiro atoms. The van der Waals surface area contributed by atoms with Crippen LogP contribution in [0, 0.1) is 17.2 Å². The van der Waals surface area contributed by atoms with Crippen molar-refractivity contribution in [3.05, 3.63) is 10.6 Å². The third kappa shape index (κ3) is 2.74. The lowest BCUT2D eigenvalue weighted by Crippen LogP contribution is -2.63. The molecule has 1 amide bonds. The number of aliphatic hydroxyl groups excluding tert-OH is 1. The maximum absolute atomic E-state index is 12.3. The quantitative estimate of drug-likeness (QED) is 0.348. The first-order chi connectivity index (χ1) is 11.8. The molecule has 6 atom stereocenters. The zero-order valence-electron chi connectivity index (χ0n) is 14.4. The van der Waals surface area contributed by atoms with Crippen LogP contribution in [0.25, 0.3) is 0 Å². The Bertz CT molecular complexity index is 637. The summed E-state index contributed by atoms with van der Waals surface area (Å²) in [6.45, 7) is 4.65. The van der Waals surface area contributed by atoms with Gasteiger partial charge in [0.2, 0.25) is 5.91 Å². The summed E-state index contributed by atoms with van der Waals surface area (Å²) in [5.74, 6) is -2.15. The molecule has 2 saturated heterocycles. The molecule has 0 radical (unpaired) electrons. The van der Waals surface area contributed by atoms with E-state index in [1.54, 1.807) is 14.0 Å². The summed E-state index contributed by atoms with van der Waals surface area (Å²) in [5, 5.41) is 26.9. The zero-order valence-corrected chi connectivity index (χ0v) is 15.2. The van der Waals surface area contributed by atoms with Gasteiger partial charge in [0.1, 0.15) is 5.70 Å². The van der Waals surface area contributed by atoms with E-state index in [4.69, 9.17) is 10.1 Å². The van der Waals surface area contributed by atoms with Gasteiger partial charge in [0.05, 0.1) is 35.8 Å². The Labute approximate surface area is 150 Å². The molecule has 0 bridgehead atoms. The minimum atomic E-state index is -1.12. The highest BCUT2D eigenvalue weighted by atomic mass is 32.2. The van der Waals surface area contributed by atoms with E-state index in [1.165, 1.54) is 23.0 Å². The van der Waals surface area contributed by atoms with Gasteiger partial charge in [-0.3, -0.25) is 10.2 Å². The number of likely N-dealkylation sites (tertiary alicyclic amines) is 1. The van der Waals surface area contributed by atoms with Crippen molar-refractivity contribution in [2.45, 2.75) is 37.3 Å². The van der Waals surface area contributed by atoms with Crippen LogP contribution in [0.3, 0.4) is 0 Å². The van der Waals surface area contributed by atoms with Gasteiger partial charge in [0.15, 0.2) is 0 Å². The summed E-state index contributed by atoms with van der Waals surface area (Å²) in [4.78, 5) is 28.0. The molecular weight excluding hydrogens is 346 g/mol. The monoisotopic (exact) mass is 369 g/mol. The average molecular weight is 369 g/mol. The van der Waals surface area contributed by atoms with Gasteiger partial charge in [0.25, 0.3) is 0 Å². The van der Waals surface area contributed by atoms with E-state index in [2.05, 4.69) is 0 Å². The SMILES string of the molecule is COC1CN(C=N)CC1SC1=C(C(=O)O)N2C(=O)C(C(C)O)[C@H]2C1C. The first-order valence-electron chi connectivity index (χ1n) is 8.24. The molecule has 0 aromatic carbocycles. The van der Waals surface area contributed by atoms with Crippen molar-refractivity contribution in [2.24, 2.45) is 11.8 Å². The van der Waals surface area contributed by atoms with Crippen LogP contribution >= 0.6 is 11.8 Å². The van der Waals surface area contributed by atoms with Crippen molar-refractivity contribution in [1.29, 1.82) is 5.41 Å². The highest BCUT2D eigenvalue weighted by Gasteiger charge is 2.60. The van der Waals surface area contributed by atoms with Crippen molar-refractivity contribution in [2.75, 3.05) is 20.2 Å². The van der Waals surface area contributed by atoms with Crippen LogP contribution in [0.5, 0.6) is 0 Å². The van der Waals surface area contributed by atoms with E-state index in [-0.39, 0.29) is 34.9 Å². The Morgan fingerprint density at radius 2 is 2.16 bits per heavy atom. The second-order valence-electron chi connectivity index (χ2n) is 6.79. The molecule has 25 heavy (non-hydrogen) atoms. The number of carboxylic acids is 1. The van der Waals surface area contributed by atoms with Gasteiger partial charge in [-0.05, 0) is 6.92 Å². The third-order valence-electron chi connectivity index (χ3n) is 5.32. The predicted octanol–water partition coefficient (Wildman–Crippen LogP) is 0.180. The number of carboxylic acid groups (broad SMARTS) is 1. The molecule has 0 aliphatic carbocycles. The summed E-state index contributed by atoms with van der Waals surface area (Å²) >= 11 is 1.43. The number of hydrogen-bond donors (Lipinski definition) is 3. The number of ether oxygens (including phenoxy) is 1. The molecule has 3 aliphatic heterocycles. The average Bonchev–Trinajstić information content (AvgIpc) is 3.05. The molecule has 0 aromatic heterocycles. The van der Waals surface area contributed by atoms with E-state index in [0.29, 0.717) is 18.0 Å². The number of fused-ring (bicyclic) bond motifs is 1. The van der Waals surface area contributed by atoms with E-state index in [1.807, 2.05) is 11.8 Å². The van der Waals surface area contributed by atoms with Crippen LogP contribution in [0.2, 0.25) is 0 Å². The summed E-state index contributed by atoms with van der Waals surface area (Å²) < 4.78 is 5.49. The summed E-state index contributed by atoms with van der Waals surface area (Å²) in [7, 11) is 1.61. The molecule has 3 heterocycles. The fourth-order valence-corrected chi connectivity index (χ4v) is 5.65. The first-order valence-corrected chi connectivity index (χ1v) is 9.12. The summed E-state index contributed by atoms with van der Waals surface area (Å²) in [5.41, 5.74) is 0.0348. The van der Waals surface area contributed by atoms with Crippen molar-refractivity contribution in [1.82, 2.24) is 9.80 Å². The van der Waals surface area contributed by atoms with Gasteiger partial charge in [-0.25, -0.2) is 4.79 Å². The largest absolute Gasteiger partial charge is 0.477 e. The topological polar surface area (TPSA) is 114 Å². The van der Waals surface area contributed by atoms with Gasteiger partial charge in [-0.15, -0.1) is 11.8 Å². The second kappa shape index (κ2) is 6.62. The highest BCUT2D eigenvalue weighted by molar-refractivity contribution is 8.03. The summed E-state index contributed by atoms with van der Waals surface area (Å²) in [6.07, 6.45) is 0.345. The minimum absolute atomic E-state index is 0.0165. The Hall–Kier alpha value is -1.58. The maximum Gasteiger partial charge on any atom is 0.353 e. The number of β-lactam (4-membered cyclic amide) rings is 1. The van der Waals surface area contributed by atoms with Crippen LogP contribution in [0.1, 0.15) is 13.8 Å². The maximum atomic E-state index is 12.3. The van der Waals surface area contributed by atoms with Crippen LogP contribution in [0.15, 0.2) is 10.6 Å². The van der Waals surface area contributed by atoms with Crippen molar-refractivity contribution in [3.63, 3.8) is 0 Å². The minimum Gasteiger partial charge on any atom is -0.477 e. The smallest absolute Gasteiger partial charge is 0.353 e. The molecule has 3 aliphatic rings. The van der Waals surface area contributed by atoms with Gasteiger partial charge >= 0.3 is 5.97 Å². The van der Waals surface area contributed by atoms with Crippen molar-refractivity contribution >= 4 is 30.0 Å². The first kappa shape index (κ1) is 18.2. The van der Waals surface area contributed by atoms with Gasteiger partial charge in [0, 0.05) is 31.0 Å². The van der Waals surface area contributed by atoms with Crippen LogP contribution in [-0.2, 0) is 14.3 Å². The molecular formula is C16H23N3O5S. The number of nitrogens with zero attached hydrogens (tertiary/aromatic N) is 2. The Kier molecular flexibility index (Phi) is 4.82. The molecule has 0 saturated carbocycles. The van der Waals surface area contributed by atoms with Crippen molar-refractivity contribution in [3.8, 4) is 0 Å². The summed E-state index contributed by atoms with van der Waals surface area (Å²) in [6, 6.07) is -0.303. The zero-order chi connectivity index (χ0) is 18.5. The molecule has 138 valence electrons. The lowest BCUT2D eigenvalue weighted by atomic mass is 9.79. The molecule has 0 aromatic rings. The van der Waals surface area contributed by atoms with Crippen LogP contribution < -0.4 is 0 Å². The molecule has 9 heteroatoms. The lowest BCUT2D eigenvalue weighted by Gasteiger charge is -2.46. The number of thioether (sulfide) groups is 1. The number of amides is 1. The normalized spacial score (nSPS) is 35.7. The van der Waals surface area contributed by atoms with E-state index in [0.717, 1.165) is 0 Å². The van der Waals surface area contributed by atoms with E-state index < -0.39 is 18.0 Å². The predicted molar refractivity (Wildman–Crippen MR) is 92.2 cm³/mol. The number of methoxy groups -OCH3 is 1. The standard InChI is InChI=1S/C16H23N3O5S/c1-7-12-11(8(2)20)15(21)19(12)13(16(22)23)14(7)25-10-5-18(6-17)4-9(10)24-3/h6-12,17,20H,4-5H2,1-3H3,(H,22,23)/t7?,8?,9?,10?,11?,12-/m1/s1. The number of hydrogen-bond acceptors (Lipinski definition) is 6.